The summed E-state index contributed by atoms with van der Waals surface area (Å²) >= 11 is 0. The number of carbonyl (C=O) groups is 1. The van der Waals surface area contributed by atoms with Crippen LogP contribution in [0.2, 0.25) is 0 Å². The van der Waals surface area contributed by atoms with Gasteiger partial charge in [-0.25, -0.2) is 0 Å². The van der Waals surface area contributed by atoms with Crippen LogP contribution in [-0.2, 0) is 15.6 Å². The summed E-state index contributed by atoms with van der Waals surface area (Å²) in [6.07, 6.45) is 1.43. The zero-order chi connectivity index (χ0) is 7.44. The van der Waals surface area contributed by atoms with Crippen LogP contribution in [0.4, 0.5) is 0 Å². The van der Waals surface area contributed by atoms with Gasteiger partial charge in [-0.1, -0.05) is 0 Å². The van der Waals surface area contributed by atoms with Crippen LogP contribution >= 0.6 is 0 Å². The molecule has 0 amide bonds. The van der Waals surface area contributed by atoms with Crippen LogP contribution in [0.3, 0.4) is 0 Å². The Labute approximate surface area is 55.5 Å². The van der Waals surface area contributed by atoms with Crippen LogP contribution in [0.25, 0.3) is 0 Å². The van der Waals surface area contributed by atoms with E-state index in [1.807, 2.05) is 0 Å². The molecule has 9 heavy (non-hydrogen) atoms. The summed E-state index contributed by atoms with van der Waals surface area (Å²) in [4.78, 5) is 9.93. The lowest BCUT2D eigenvalue weighted by Gasteiger charge is -2.05. The number of carbonyl (C=O) groups excluding carboxylic acids is 1. The van der Waals surface area contributed by atoms with Crippen molar-refractivity contribution in [2.45, 2.75) is 6.04 Å². The Hall–Kier alpha value is -0.420. The summed E-state index contributed by atoms with van der Waals surface area (Å²) in [7, 11) is -1.10. The third kappa shape index (κ3) is 4.11. The molecule has 5 heteroatoms. The van der Waals surface area contributed by atoms with E-state index in [0.717, 1.165) is 0 Å². The quantitative estimate of drug-likeness (QED) is 0.459. The highest BCUT2D eigenvalue weighted by Crippen LogP contribution is 1.77. The van der Waals surface area contributed by atoms with E-state index in [4.69, 9.17) is 0 Å². The average molecular weight is 151 g/mol. The predicted molar refractivity (Wildman–Crippen MR) is 30.6 cm³/mol. The van der Waals surface area contributed by atoms with E-state index in [9.17, 15) is 14.1 Å². The molecule has 0 saturated carbocycles. The molecular formula is C4H9NO3S. The lowest BCUT2D eigenvalue weighted by atomic mass is 10.4. The van der Waals surface area contributed by atoms with Gasteiger partial charge in [0.2, 0.25) is 0 Å². The van der Waals surface area contributed by atoms with E-state index in [2.05, 4.69) is 5.73 Å². The number of hydrogen-bond acceptors (Lipinski definition) is 3. The molecular weight excluding hydrogens is 142 g/mol. The van der Waals surface area contributed by atoms with Gasteiger partial charge in [-0.05, 0) is 0 Å². The number of carboxylic acids is 1. The Morgan fingerprint density at radius 1 is 1.89 bits per heavy atom. The second-order valence-electron chi connectivity index (χ2n) is 1.76. The van der Waals surface area contributed by atoms with Gasteiger partial charge in [0.05, 0.1) is 5.75 Å². The molecule has 0 fully saturated rings. The maximum Gasteiger partial charge on any atom is 0.136 e. The summed E-state index contributed by atoms with van der Waals surface area (Å²) in [5.74, 6) is -1.17. The molecule has 0 spiro atoms. The van der Waals surface area contributed by atoms with Crippen molar-refractivity contribution in [1.82, 2.24) is 0 Å². The minimum Gasteiger partial charge on any atom is -0.544 e. The molecule has 0 aliphatic carbocycles. The second-order valence-corrected chi connectivity index (χ2v) is 3.24. The largest absolute Gasteiger partial charge is 0.544 e. The molecule has 4 nitrogen and oxygen atoms in total. The summed E-state index contributed by atoms with van der Waals surface area (Å²) in [5, 5.41) is 9.93. The fourth-order valence-corrected chi connectivity index (χ4v) is 1.05. The van der Waals surface area contributed by atoms with E-state index >= 15 is 0 Å². The van der Waals surface area contributed by atoms with E-state index < -0.39 is 22.8 Å². The van der Waals surface area contributed by atoms with Gasteiger partial charge in [0.1, 0.15) is 12.0 Å². The molecule has 3 N–H and O–H groups in total. The van der Waals surface area contributed by atoms with E-state index in [1.165, 1.54) is 6.26 Å². The molecule has 0 radical (unpaired) electrons. The first-order valence-corrected chi connectivity index (χ1v) is 4.10. The first-order chi connectivity index (χ1) is 4.04. The summed E-state index contributed by atoms with van der Waals surface area (Å²) in [5.41, 5.74) is 3.22. The monoisotopic (exact) mass is 151 g/mol. The molecule has 0 rings (SSSR count). The van der Waals surface area contributed by atoms with Crippen molar-refractivity contribution in [1.29, 1.82) is 0 Å². The minimum atomic E-state index is -1.25. The number of quaternary nitrogens is 1. The van der Waals surface area contributed by atoms with Crippen LogP contribution < -0.4 is 10.8 Å². The predicted octanol–water partition coefficient (Wildman–Crippen LogP) is -3.27. The van der Waals surface area contributed by atoms with E-state index in [1.54, 1.807) is 0 Å². The Balaban J connectivity index is 3.63. The molecule has 0 heterocycles. The number of aliphatic carboxylic acids is 1. The first kappa shape index (κ1) is 8.58. The van der Waals surface area contributed by atoms with Gasteiger partial charge in [0.25, 0.3) is 0 Å². The van der Waals surface area contributed by atoms with Crippen LogP contribution in [0.1, 0.15) is 0 Å². The lowest BCUT2D eigenvalue weighted by Crippen LogP contribution is -2.70. The average Bonchev–Trinajstić information content (AvgIpc) is 1.63. The third-order valence-corrected chi connectivity index (χ3v) is 1.64. The molecule has 0 aliphatic heterocycles. The minimum absolute atomic E-state index is 0.0718. The van der Waals surface area contributed by atoms with Gasteiger partial charge in [0, 0.05) is 17.1 Å². The second kappa shape index (κ2) is 3.58. The number of rotatable bonds is 3. The van der Waals surface area contributed by atoms with Gasteiger partial charge >= 0.3 is 0 Å². The fraction of sp³-hybridized carbons (Fsp3) is 0.750. The van der Waals surface area contributed by atoms with Crippen molar-refractivity contribution >= 4 is 16.8 Å². The Bertz CT molecular complexity index is 136. The number of carboxylic acid groups (broad SMARTS) is 1. The van der Waals surface area contributed by atoms with Gasteiger partial charge in [-0.15, -0.1) is 0 Å². The molecule has 2 atom stereocenters. The van der Waals surface area contributed by atoms with Crippen LogP contribution in [0.5, 0.6) is 0 Å². The first-order valence-electron chi connectivity index (χ1n) is 2.38. The van der Waals surface area contributed by atoms with Crippen molar-refractivity contribution in [3.05, 3.63) is 0 Å². The Kier molecular flexibility index (Phi) is 3.41. The highest BCUT2D eigenvalue weighted by molar-refractivity contribution is 7.84. The molecule has 0 saturated heterocycles. The smallest absolute Gasteiger partial charge is 0.136 e. The van der Waals surface area contributed by atoms with Crippen molar-refractivity contribution in [2.75, 3.05) is 12.0 Å². The van der Waals surface area contributed by atoms with Gasteiger partial charge in [-0.3, -0.25) is 4.21 Å². The standard InChI is InChI=1S/C4H9NO3S/c1-9(8)2-3(5)4(6)7/h3H,2,5H2,1H3,(H,6,7)/t3-,9-/m1/s1. The fourth-order valence-electron chi connectivity index (χ4n) is 0.351. The summed E-state index contributed by atoms with van der Waals surface area (Å²) < 4.78 is 10.3. The highest BCUT2D eigenvalue weighted by atomic mass is 32.2. The molecule has 0 bridgehead atoms. The van der Waals surface area contributed by atoms with Crippen molar-refractivity contribution in [3.8, 4) is 0 Å². The number of hydrogen-bond donors (Lipinski definition) is 1. The Morgan fingerprint density at radius 2 is 2.33 bits per heavy atom. The van der Waals surface area contributed by atoms with Crippen LogP contribution in [0, 0.1) is 0 Å². The highest BCUT2D eigenvalue weighted by Gasteiger charge is 2.07. The molecule has 0 aromatic carbocycles. The molecule has 0 aromatic rings. The lowest BCUT2D eigenvalue weighted by molar-refractivity contribution is -0.431. The molecule has 0 unspecified atom stereocenters. The normalized spacial score (nSPS) is 16.7. The van der Waals surface area contributed by atoms with E-state index in [0.29, 0.717) is 0 Å². The molecule has 0 aromatic heterocycles. The Morgan fingerprint density at radius 3 is 2.44 bits per heavy atom. The van der Waals surface area contributed by atoms with E-state index in [-0.39, 0.29) is 5.75 Å². The summed E-state index contributed by atoms with van der Waals surface area (Å²) in [6.45, 7) is 0. The maximum absolute atomic E-state index is 10.3. The zero-order valence-corrected chi connectivity index (χ0v) is 5.94. The van der Waals surface area contributed by atoms with Crippen LogP contribution in [-0.4, -0.2) is 28.2 Å². The van der Waals surface area contributed by atoms with Crippen LogP contribution in [0.15, 0.2) is 0 Å². The summed E-state index contributed by atoms with van der Waals surface area (Å²) in [6, 6.07) is -0.851. The maximum atomic E-state index is 10.3. The molecule has 54 valence electrons. The van der Waals surface area contributed by atoms with Crippen molar-refractivity contribution in [2.24, 2.45) is 0 Å². The zero-order valence-electron chi connectivity index (χ0n) is 5.12. The SMILES string of the molecule is C[S@@](=O)C[C@@H]([NH3+])C(=O)[O-]. The molecule has 0 aliphatic rings. The topological polar surface area (TPSA) is 84.8 Å². The van der Waals surface area contributed by atoms with Gasteiger partial charge in [0.15, 0.2) is 0 Å². The van der Waals surface area contributed by atoms with Gasteiger partial charge in [-0.2, -0.15) is 0 Å². The van der Waals surface area contributed by atoms with Crippen molar-refractivity contribution < 1.29 is 19.8 Å². The van der Waals surface area contributed by atoms with Crippen molar-refractivity contribution in [3.63, 3.8) is 0 Å². The van der Waals surface area contributed by atoms with Gasteiger partial charge < -0.3 is 15.6 Å². The third-order valence-electron chi connectivity index (χ3n) is 0.769.